The Balaban J connectivity index is 1.32. The molecule has 1 heterocycles. The summed E-state index contributed by atoms with van der Waals surface area (Å²) in [6.07, 6.45) is -0.823. The number of aromatic amines is 1. The summed E-state index contributed by atoms with van der Waals surface area (Å²) in [5.74, 6) is -0.0385. The molecule has 3 N–H and O–H groups in total. The zero-order valence-electron chi connectivity index (χ0n) is 30.6. The minimum Gasteiger partial charge on any atom is -0.387 e. The lowest BCUT2D eigenvalue weighted by molar-refractivity contribution is -0.285. The first-order chi connectivity index (χ1) is 26.0. The van der Waals surface area contributed by atoms with Gasteiger partial charge in [0, 0.05) is 42.7 Å². The molecule has 1 amide bonds. The summed E-state index contributed by atoms with van der Waals surface area (Å²) in [4.78, 5) is 14.7. The van der Waals surface area contributed by atoms with E-state index < -0.39 is 42.7 Å². The van der Waals surface area contributed by atoms with Crippen LogP contribution in [0.4, 0.5) is 0 Å². The van der Waals surface area contributed by atoms with E-state index in [4.69, 9.17) is 23.7 Å². The normalized spacial score (nSPS) is 22.1. The minimum atomic E-state index is -1.11. The number of unbranched alkanes of at least 4 members (excludes halogenated alkanes) is 2. The van der Waals surface area contributed by atoms with Crippen molar-refractivity contribution in [1.82, 2.24) is 10.3 Å². The SMILES string of the molecule is CC(=O)NCCCCCOC1C(O)C(OC(C)c2c[nH]c3ccccc23)C(OCc2ccccc2)C(OCc2ccccc2)C1OCc1ccccc1. The number of amides is 1. The largest absolute Gasteiger partial charge is 0.387 e. The molecule has 6 rings (SSSR count). The maximum Gasteiger partial charge on any atom is 0.216 e. The van der Waals surface area contributed by atoms with E-state index in [2.05, 4.69) is 16.4 Å². The highest BCUT2D eigenvalue weighted by molar-refractivity contribution is 5.83. The molecule has 53 heavy (non-hydrogen) atoms. The Bertz CT molecular complexity index is 1800. The van der Waals surface area contributed by atoms with Crippen LogP contribution in [-0.4, -0.2) is 65.8 Å². The Morgan fingerprint density at radius 1 is 0.660 bits per heavy atom. The predicted octanol–water partition coefficient (Wildman–Crippen LogP) is 7.44. The van der Waals surface area contributed by atoms with Crippen molar-refractivity contribution in [2.75, 3.05) is 13.2 Å². The summed E-state index contributed by atoms with van der Waals surface area (Å²) in [6.45, 7) is 5.41. The molecule has 9 nitrogen and oxygen atoms in total. The molecule has 0 saturated heterocycles. The van der Waals surface area contributed by atoms with Crippen molar-refractivity contribution in [2.24, 2.45) is 0 Å². The van der Waals surface area contributed by atoms with Crippen LogP contribution in [0.1, 0.15) is 61.5 Å². The van der Waals surface area contributed by atoms with Gasteiger partial charge in [-0.15, -0.1) is 0 Å². The van der Waals surface area contributed by atoms with E-state index in [1.807, 2.05) is 122 Å². The van der Waals surface area contributed by atoms with Gasteiger partial charge >= 0.3 is 0 Å². The van der Waals surface area contributed by atoms with Gasteiger partial charge < -0.3 is 39.1 Å². The Morgan fingerprint density at radius 3 is 1.74 bits per heavy atom. The van der Waals surface area contributed by atoms with Gasteiger partial charge in [0.05, 0.1) is 25.9 Å². The standard InChI is InChI=1S/C44H52N2O7/c1-31(37-27-46-38-24-14-13-23-36(37)38)53-41-39(48)40(49-26-16-6-15-25-45-32(2)47)42(50-28-33-17-7-3-8-18-33)44(52-30-35-21-11-5-12-22-35)43(41)51-29-34-19-9-4-10-20-34/h3-5,7-14,17-24,27,31,39-44,46,48H,6,15-16,25-26,28-30H2,1-2H3,(H,45,47). The van der Waals surface area contributed by atoms with Crippen LogP contribution in [0.3, 0.4) is 0 Å². The lowest BCUT2D eigenvalue weighted by atomic mass is 9.83. The number of carbonyl (C=O) groups is 1. The van der Waals surface area contributed by atoms with E-state index in [0.29, 0.717) is 26.4 Å². The molecule has 1 aliphatic carbocycles. The summed E-state index contributed by atoms with van der Waals surface area (Å²) >= 11 is 0. The monoisotopic (exact) mass is 720 g/mol. The van der Waals surface area contributed by atoms with Crippen LogP contribution in [0.2, 0.25) is 0 Å². The van der Waals surface area contributed by atoms with Crippen LogP contribution < -0.4 is 5.32 Å². The molecular weight excluding hydrogens is 668 g/mol. The maximum atomic E-state index is 12.4. The minimum absolute atomic E-state index is 0.0385. The predicted molar refractivity (Wildman–Crippen MR) is 205 cm³/mol. The molecular formula is C44H52N2O7. The number of carbonyl (C=O) groups excluding carboxylic acids is 1. The van der Waals surface area contributed by atoms with E-state index in [1.54, 1.807) is 0 Å². The molecule has 1 fully saturated rings. The number of nitrogens with one attached hydrogen (secondary N) is 2. The molecule has 7 atom stereocenters. The van der Waals surface area contributed by atoms with Crippen molar-refractivity contribution >= 4 is 16.8 Å². The highest BCUT2D eigenvalue weighted by atomic mass is 16.6. The summed E-state index contributed by atoms with van der Waals surface area (Å²) in [7, 11) is 0. The molecule has 280 valence electrons. The zero-order valence-corrected chi connectivity index (χ0v) is 30.6. The average Bonchev–Trinajstić information content (AvgIpc) is 3.63. The molecule has 0 bridgehead atoms. The first-order valence-corrected chi connectivity index (χ1v) is 18.7. The molecule has 5 aromatic rings. The van der Waals surface area contributed by atoms with Gasteiger partial charge in [-0.25, -0.2) is 0 Å². The summed E-state index contributed by atoms with van der Waals surface area (Å²) in [6, 6.07) is 38.1. The third-order valence-electron chi connectivity index (χ3n) is 9.75. The summed E-state index contributed by atoms with van der Waals surface area (Å²) < 4.78 is 33.9. The molecule has 7 unspecified atom stereocenters. The van der Waals surface area contributed by atoms with Gasteiger partial charge in [0.25, 0.3) is 0 Å². The quantitative estimate of drug-likeness (QED) is 0.0761. The summed E-state index contributed by atoms with van der Waals surface area (Å²) in [5, 5.41) is 16.3. The van der Waals surface area contributed by atoms with Gasteiger partial charge in [0.1, 0.15) is 36.6 Å². The fourth-order valence-corrected chi connectivity index (χ4v) is 6.98. The fraction of sp³-hybridized carbons (Fsp3) is 0.386. The molecule has 0 aliphatic heterocycles. The van der Waals surface area contributed by atoms with Crippen molar-refractivity contribution in [1.29, 1.82) is 0 Å². The van der Waals surface area contributed by atoms with E-state index in [-0.39, 0.29) is 12.5 Å². The highest BCUT2D eigenvalue weighted by Gasteiger charge is 2.54. The number of benzene rings is 4. The number of aliphatic hydroxyl groups is 1. The maximum absolute atomic E-state index is 12.4. The second-order valence-electron chi connectivity index (χ2n) is 13.7. The van der Waals surface area contributed by atoms with Crippen LogP contribution in [0.15, 0.2) is 121 Å². The van der Waals surface area contributed by atoms with Crippen molar-refractivity contribution < 1.29 is 33.6 Å². The number of fused-ring (bicyclic) bond motifs is 1. The van der Waals surface area contributed by atoms with Crippen LogP contribution in [0.5, 0.6) is 0 Å². The van der Waals surface area contributed by atoms with E-state index in [0.717, 1.165) is 52.4 Å². The number of hydrogen-bond donors (Lipinski definition) is 3. The van der Waals surface area contributed by atoms with Gasteiger partial charge in [0.2, 0.25) is 5.91 Å². The van der Waals surface area contributed by atoms with Crippen LogP contribution >= 0.6 is 0 Å². The lowest BCUT2D eigenvalue weighted by Crippen LogP contribution is -2.67. The third-order valence-corrected chi connectivity index (χ3v) is 9.75. The first-order valence-electron chi connectivity index (χ1n) is 18.7. The van der Waals surface area contributed by atoms with Gasteiger partial charge in [0.15, 0.2) is 0 Å². The van der Waals surface area contributed by atoms with Crippen LogP contribution in [0, 0.1) is 0 Å². The number of para-hydroxylation sites is 1. The van der Waals surface area contributed by atoms with Crippen molar-refractivity contribution in [3.05, 3.63) is 144 Å². The molecule has 0 spiro atoms. The highest BCUT2D eigenvalue weighted by Crippen LogP contribution is 2.37. The second kappa shape index (κ2) is 19.6. The number of ether oxygens (including phenoxy) is 5. The number of H-pyrrole nitrogens is 1. The Kier molecular flexibility index (Phi) is 14.2. The van der Waals surface area contributed by atoms with Crippen LogP contribution in [-0.2, 0) is 48.3 Å². The van der Waals surface area contributed by atoms with Crippen molar-refractivity contribution in [3.63, 3.8) is 0 Å². The molecule has 4 aromatic carbocycles. The van der Waals surface area contributed by atoms with Crippen molar-refractivity contribution in [2.45, 2.75) is 95.7 Å². The topological polar surface area (TPSA) is 111 Å². The lowest BCUT2D eigenvalue weighted by Gasteiger charge is -2.49. The molecule has 0 radical (unpaired) electrons. The molecule has 1 aromatic heterocycles. The Morgan fingerprint density at radius 2 is 1.17 bits per heavy atom. The zero-order chi connectivity index (χ0) is 36.8. The van der Waals surface area contributed by atoms with E-state index in [1.165, 1.54) is 6.92 Å². The molecule has 1 saturated carbocycles. The number of aliphatic hydroxyl groups excluding tert-OH is 1. The van der Waals surface area contributed by atoms with Gasteiger partial charge in [-0.1, -0.05) is 109 Å². The average molecular weight is 721 g/mol. The number of aromatic nitrogens is 1. The number of hydrogen-bond acceptors (Lipinski definition) is 7. The van der Waals surface area contributed by atoms with Crippen LogP contribution in [0.25, 0.3) is 10.9 Å². The van der Waals surface area contributed by atoms with E-state index >= 15 is 0 Å². The molecule has 1 aliphatic rings. The van der Waals surface area contributed by atoms with E-state index in [9.17, 15) is 9.90 Å². The van der Waals surface area contributed by atoms with Crippen molar-refractivity contribution in [3.8, 4) is 0 Å². The second-order valence-corrected chi connectivity index (χ2v) is 13.7. The third kappa shape index (κ3) is 10.6. The molecule has 9 heteroatoms. The number of rotatable bonds is 19. The summed E-state index contributed by atoms with van der Waals surface area (Å²) in [5.41, 5.74) is 4.98. The first kappa shape index (κ1) is 38.4. The van der Waals surface area contributed by atoms with Gasteiger partial charge in [-0.05, 0) is 48.9 Å². The fourth-order valence-electron chi connectivity index (χ4n) is 6.98. The van der Waals surface area contributed by atoms with Gasteiger partial charge in [-0.2, -0.15) is 0 Å². The Hall–Kier alpha value is -4.35. The smallest absolute Gasteiger partial charge is 0.216 e. The van der Waals surface area contributed by atoms with Gasteiger partial charge in [-0.3, -0.25) is 4.79 Å². The Labute approximate surface area is 312 Å².